The van der Waals surface area contributed by atoms with Gasteiger partial charge in [0.15, 0.2) is 0 Å². The Kier molecular flexibility index (Phi) is 5.58. The maximum absolute atomic E-state index is 5.00. The van der Waals surface area contributed by atoms with Crippen LogP contribution in [0.15, 0.2) is 0 Å². The Bertz CT molecular complexity index is 171. The molecule has 1 heterocycles. The van der Waals surface area contributed by atoms with Gasteiger partial charge < -0.3 is 10.1 Å². The van der Waals surface area contributed by atoms with Crippen LogP contribution in [0.25, 0.3) is 0 Å². The Morgan fingerprint density at radius 3 is 2.73 bits per heavy atom. The summed E-state index contributed by atoms with van der Waals surface area (Å²) in [6.45, 7) is 10.2. The molecule has 0 aromatic heterocycles. The minimum Gasteiger partial charge on any atom is -0.385 e. The van der Waals surface area contributed by atoms with Crippen molar-refractivity contribution in [1.82, 2.24) is 10.2 Å². The first kappa shape index (κ1) is 12.9. The highest BCUT2D eigenvalue weighted by atomic mass is 16.5. The summed E-state index contributed by atoms with van der Waals surface area (Å²) < 4.78 is 5.00. The zero-order valence-corrected chi connectivity index (χ0v) is 10.5. The van der Waals surface area contributed by atoms with Crippen LogP contribution in [-0.4, -0.2) is 50.3 Å². The molecule has 0 aromatic carbocycles. The van der Waals surface area contributed by atoms with Gasteiger partial charge in [-0.05, 0) is 46.2 Å². The fraction of sp³-hybridized carbons (Fsp3) is 1.00. The molecule has 1 fully saturated rings. The normalized spacial score (nSPS) is 21.0. The molecule has 0 amide bonds. The second-order valence-corrected chi connectivity index (χ2v) is 5.00. The smallest absolute Gasteiger partial charge is 0.0474 e. The van der Waals surface area contributed by atoms with Crippen molar-refractivity contribution >= 4 is 0 Å². The average molecular weight is 214 g/mol. The third-order valence-electron chi connectivity index (χ3n) is 3.33. The summed E-state index contributed by atoms with van der Waals surface area (Å²) in [5.41, 5.74) is 0.425. The summed E-state index contributed by atoms with van der Waals surface area (Å²) in [6.07, 6.45) is 3.81. The van der Waals surface area contributed by atoms with Gasteiger partial charge in [-0.2, -0.15) is 0 Å². The van der Waals surface area contributed by atoms with E-state index >= 15 is 0 Å². The predicted molar refractivity (Wildman–Crippen MR) is 64.2 cm³/mol. The highest BCUT2D eigenvalue weighted by molar-refractivity contribution is 4.87. The molecule has 0 aliphatic carbocycles. The fourth-order valence-electron chi connectivity index (χ4n) is 2.26. The number of ether oxygens (including phenoxy) is 1. The van der Waals surface area contributed by atoms with Gasteiger partial charge in [0.1, 0.15) is 0 Å². The number of rotatable bonds is 7. The monoisotopic (exact) mass is 214 g/mol. The van der Waals surface area contributed by atoms with Crippen molar-refractivity contribution in [3.63, 3.8) is 0 Å². The largest absolute Gasteiger partial charge is 0.385 e. The zero-order chi connectivity index (χ0) is 11.1. The maximum Gasteiger partial charge on any atom is 0.0474 e. The van der Waals surface area contributed by atoms with E-state index in [1.165, 1.54) is 25.9 Å². The molecule has 0 atom stereocenters. The van der Waals surface area contributed by atoms with Crippen LogP contribution in [0.2, 0.25) is 0 Å². The molecule has 1 saturated heterocycles. The van der Waals surface area contributed by atoms with Gasteiger partial charge in [-0.1, -0.05) is 0 Å². The summed E-state index contributed by atoms with van der Waals surface area (Å²) in [5, 5.41) is 3.46. The third-order valence-corrected chi connectivity index (χ3v) is 3.33. The van der Waals surface area contributed by atoms with Gasteiger partial charge in [0.25, 0.3) is 0 Å². The quantitative estimate of drug-likeness (QED) is 0.650. The molecule has 15 heavy (non-hydrogen) atoms. The average Bonchev–Trinajstić information content (AvgIpc) is 2.52. The molecule has 0 bridgehead atoms. The van der Waals surface area contributed by atoms with Crippen molar-refractivity contribution < 1.29 is 4.74 Å². The minimum absolute atomic E-state index is 0.425. The Balaban J connectivity index is 2.00. The van der Waals surface area contributed by atoms with Gasteiger partial charge in [-0.15, -0.1) is 0 Å². The van der Waals surface area contributed by atoms with Gasteiger partial charge in [0.2, 0.25) is 0 Å². The minimum atomic E-state index is 0.425. The summed E-state index contributed by atoms with van der Waals surface area (Å²) in [4.78, 5) is 2.59. The Labute approximate surface area is 94.2 Å². The van der Waals surface area contributed by atoms with Crippen molar-refractivity contribution in [2.24, 2.45) is 0 Å². The number of hydrogen-bond acceptors (Lipinski definition) is 3. The van der Waals surface area contributed by atoms with Crippen molar-refractivity contribution in [2.75, 3.05) is 39.9 Å². The van der Waals surface area contributed by atoms with Crippen LogP contribution in [-0.2, 0) is 4.74 Å². The van der Waals surface area contributed by atoms with E-state index in [0.717, 1.165) is 26.1 Å². The third kappa shape index (κ3) is 4.49. The van der Waals surface area contributed by atoms with Crippen molar-refractivity contribution in [3.8, 4) is 0 Å². The molecule has 3 nitrogen and oxygen atoms in total. The topological polar surface area (TPSA) is 24.5 Å². The fourth-order valence-corrected chi connectivity index (χ4v) is 2.26. The van der Waals surface area contributed by atoms with E-state index in [2.05, 4.69) is 24.1 Å². The molecule has 0 spiro atoms. The summed E-state index contributed by atoms with van der Waals surface area (Å²) in [6, 6.07) is 0. The second kappa shape index (κ2) is 6.46. The van der Waals surface area contributed by atoms with E-state index in [4.69, 9.17) is 4.74 Å². The molecule has 1 aliphatic heterocycles. The predicted octanol–water partition coefficient (Wildman–Crippen LogP) is 1.49. The van der Waals surface area contributed by atoms with Gasteiger partial charge in [0.05, 0.1) is 0 Å². The highest BCUT2D eigenvalue weighted by Crippen LogP contribution is 2.27. The molecule has 1 N–H and O–H groups in total. The molecule has 0 unspecified atom stereocenters. The van der Waals surface area contributed by atoms with Gasteiger partial charge >= 0.3 is 0 Å². The first-order valence-corrected chi connectivity index (χ1v) is 6.11. The molecule has 90 valence electrons. The lowest BCUT2D eigenvalue weighted by Gasteiger charge is -2.31. The molecule has 3 heteroatoms. The van der Waals surface area contributed by atoms with E-state index in [1.807, 2.05) is 0 Å². The number of nitrogens with zero attached hydrogens (tertiary/aromatic N) is 1. The summed E-state index contributed by atoms with van der Waals surface area (Å²) in [7, 11) is 1.76. The molecule has 0 saturated carbocycles. The number of methoxy groups -OCH3 is 1. The number of likely N-dealkylation sites (tertiary alicyclic amines) is 1. The lowest BCUT2D eigenvalue weighted by atomic mass is 10.0. The van der Waals surface area contributed by atoms with Crippen molar-refractivity contribution in [1.29, 1.82) is 0 Å². The first-order chi connectivity index (χ1) is 7.17. The summed E-state index contributed by atoms with van der Waals surface area (Å²) >= 11 is 0. The van der Waals surface area contributed by atoms with E-state index in [9.17, 15) is 0 Å². The van der Waals surface area contributed by atoms with E-state index < -0.39 is 0 Å². The zero-order valence-electron chi connectivity index (χ0n) is 10.5. The molecule has 0 aromatic rings. The van der Waals surface area contributed by atoms with Gasteiger partial charge in [0, 0.05) is 32.3 Å². The van der Waals surface area contributed by atoms with E-state index in [-0.39, 0.29) is 0 Å². The molecule has 0 radical (unpaired) electrons. The molecule has 1 aliphatic rings. The lowest BCUT2D eigenvalue weighted by Crippen LogP contribution is -2.42. The number of nitrogens with one attached hydrogen (secondary N) is 1. The SMILES string of the molecule is COCCCNCCN1CCCC1(C)C. The molecule has 1 rings (SSSR count). The van der Waals surface area contributed by atoms with Crippen LogP contribution >= 0.6 is 0 Å². The number of hydrogen-bond donors (Lipinski definition) is 1. The Morgan fingerprint density at radius 1 is 1.33 bits per heavy atom. The van der Waals surface area contributed by atoms with E-state index in [1.54, 1.807) is 7.11 Å². The van der Waals surface area contributed by atoms with Crippen LogP contribution < -0.4 is 5.32 Å². The van der Waals surface area contributed by atoms with Gasteiger partial charge in [-0.3, -0.25) is 4.90 Å². The van der Waals surface area contributed by atoms with Crippen LogP contribution in [0.1, 0.15) is 33.1 Å². The van der Waals surface area contributed by atoms with Crippen molar-refractivity contribution in [3.05, 3.63) is 0 Å². The Hall–Kier alpha value is -0.120. The van der Waals surface area contributed by atoms with E-state index in [0.29, 0.717) is 5.54 Å². The van der Waals surface area contributed by atoms with Crippen LogP contribution in [0.4, 0.5) is 0 Å². The molecular weight excluding hydrogens is 188 g/mol. The van der Waals surface area contributed by atoms with Crippen LogP contribution in [0.3, 0.4) is 0 Å². The second-order valence-electron chi connectivity index (χ2n) is 5.00. The first-order valence-electron chi connectivity index (χ1n) is 6.11. The standard InChI is InChI=1S/C12H26N2O/c1-12(2)6-4-9-14(12)10-8-13-7-5-11-15-3/h13H,4-11H2,1-3H3. The summed E-state index contributed by atoms with van der Waals surface area (Å²) in [5.74, 6) is 0. The molecular formula is C12H26N2O. The lowest BCUT2D eigenvalue weighted by molar-refractivity contribution is 0.173. The Morgan fingerprint density at radius 2 is 2.13 bits per heavy atom. The highest BCUT2D eigenvalue weighted by Gasteiger charge is 2.30. The van der Waals surface area contributed by atoms with Crippen molar-refractivity contribution in [2.45, 2.75) is 38.6 Å². The van der Waals surface area contributed by atoms with Gasteiger partial charge in [-0.25, -0.2) is 0 Å². The van der Waals surface area contributed by atoms with Crippen LogP contribution in [0, 0.1) is 0 Å². The van der Waals surface area contributed by atoms with Crippen LogP contribution in [0.5, 0.6) is 0 Å². The maximum atomic E-state index is 5.00.